The molecule has 1 aromatic rings. The van der Waals surface area contributed by atoms with Crippen molar-refractivity contribution in [3.8, 4) is 0 Å². The quantitative estimate of drug-likeness (QED) is 0.739. The van der Waals surface area contributed by atoms with Gasteiger partial charge in [0.1, 0.15) is 0 Å². The van der Waals surface area contributed by atoms with E-state index in [4.69, 9.17) is 0 Å². The van der Waals surface area contributed by atoms with Crippen LogP contribution in [0.2, 0.25) is 0 Å². The highest BCUT2D eigenvalue weighted by Gasteiger charge is 2.11. The van der Waals surface area contributed by atoms with Crippen molar-refractivity contribution in [1.82, 2.24) is 9.78 Å². The zero-order chi connectivity index (χ0) is 10.0. The fourth-order valence-electron chi connectivity index (χ4n) is 1.67. The average molecular weight is 198 g/mol. The van der Waals surface area contributed by atoms with E-state index in [0.717, 1.165) is 17.9 Å². The Hall–Kier alpha value is -0.440. The van der Waals surface area contributed by atoms with E-state index in [1.165, 1.54) is 11.3 Å². The smallest absolute Gasteiger partial charge is 0.0628 e. The van der Waals surface area contributed by atoms with Crippen molar-refractivity contribution >= 4 is 12.6 Å². The van der Waals surface area contributed by atoms with Gasteiger partial charge in [-0.05, 0) is 45.4 Å². The average Bonchev–Trinajstić information content (AvgIpc) is 2.32. The van der Waals surface area contributed by atoms with Crippen molar-refractivity contribution < 1.29 is 0 Å². The lowest BCUT2D eigenvalue weighted by molar-refractivity contribution is 0.515. The molecule has 1 rings (SSSR count). The Morgan fingerprint density at radius 2 is 2.00 bits per heavy atom. The summed E-state index contributed by atoms with van der Waals surface area (Å²) in [6, 6.07) is 0.451. The van der Waals surface area contributed by atoms with Crippen LogP contribution in [0.25, 0.3) is 0 Å². The number of aromatic nitrogens is 2. The fourth-order valence-corrected chi connectivity index (χ4v) is 1.90. The lowest BCUT2D eigenvalue weighted by Gasteiger charge is -2.08. The molecule has 0 saturated carbocycles. The first kappa shape index (κ1) is 10.6. The van der Waals surface area contributed by atoms with E-state index in [2.05, 4.69) is 50.1 Å². The highest BCUT2D eigenvalue weighted by atomic mass is 32.1. The van der Waals surface area contributed by atoms with E-state index >= 15 is 0 Å². The van der Waals surface area contributed by atoms with Gasteiger partial charge in [0.15, 0.2) is 0 Å². The second-order valence-corrected chi connectivity index (χ2v) is 4.11. The van der Waals surface area contributed by atoms with Gasteiger partial charge in [-0.15, -0.1) is 0 Å². The first-order chi connectivity index (χ1) is 6.07. The number of hydrogen-bond donors (Lipinski definition) is 1. The summed E-state index contributed by atoms with van der Waals surface area (Å²) in [6.07, 6.45) is 1.02. The van der Waals surface area contributed by atoms with Gasteiger partial charge in [-0.3, -0.25) is 4.68 Å². The maximum absolute atomic E-state index is 4.51. The molecule has 1 heterocycles. The van der Waals surface area contributed by atoms with Crippen molar-refractivity contribution in [2.75, 3.05) is 5.75 Å². The molecule has 0 aliphatic rings. The topological polar surface area (TPSA) is 17.8 Å². The van der Waals surface area contributed by atoms with Gasteiger partial charge in [0.2, 0.25) is 0 Å². The number of rotatable bonds is 3. The summed E-state index contributed by atoms with van der Waals surface area (Å²) in [4.78, 5) is 0. The monoisotopic (exact) mass is 198 g/mol. The zero-order valence-corrected chi connectivity index (χ0v) is 9.73. The van der Waals surface area contributed by atoms with Crippen LogP contribution in [0.4, 0.5) is 0 Å². The third-order valence-electron chi connectivity index (χ3n) is 2.33. The Kier molecular flexibility index (Phi) is 3.42. The summed E-state index contributed by atoms with van der Waals surface area (Å²) < 4.78 is 2.09. The summed E-state index contributed by atoms with van der Waals surface area (Å²) in [7, 11) is 0. The maximum atomic E-state index is 4.51. The molecular formula is C10H18N2S. The lowest BCUT2D eigenvalue weighted by Crippen LogP contribution is -2.05. The minimum Gasteiger partial charge on any atom is -0.267 e. The van der Waals surface area contributed by atoms with Crippen molar-refractivity contribution in [3.63, 3.8) is 0 Å². The minimum atomic E-state index is 0.451. The normalized spacial score (nSPS) is 11.2. The molecule has 0 bridgehead atoms. The molecule has 0 aliphatic heterocycles. The number of nitrogens with zero attached hydrogens (tertiary/aromatic N) is 2. The van der Waals surface area contributed by atoms with E-state index in [0.29, 0.717) is 6.04 Å². The predicted octanol–water partition coefficient (Wildman–Crippen LogP) is 2.55. The van der Waals surface area contributed by atoms with Gasteiger partial charge in [0.25, 0.3) is 0 Å². The molecule has 0 radical (unpaired) electrons. The Labute approximate surface area is 85.7 Å². The van der Waals surface area contributed by atoms with Crippen molar-refractivity contribution in [1.29, 1.82) is 0 Å². The van der Waals surface area contributed by atoms with E-state index in [9.17, 15) is 0 Å². The molecule has 0 fully saturated rings. The molecule has 3 heteroatoms. The summed E-state index contributed by atoms with van der Waals surface area (Å²) in [5, 5.41) is 4.51. The molecule has 0 aliphatic carbocycles. The largest absolute Gasteiger partial charge is 0.267 e. The molecular weight excluding hydrogens is 180 g/mol. The lowest BCUT2D eigenvalue weighted by atomic mass is 10.1. The standard InChI is InChI=1S/C10H18N2S/c1-7(2)12-9(4)10(5-6-13)8(3)11-12/h7,13H,5-6H2,1-4H3. The third-order valence-corrected chi connectivity index (χ3v) is 2.55. The molecule has 1 aromatic heterocycles. The predicted molar refractivity (Wildman–Crippen MR) is 59.6 cm³/mol. The van der Waals surface area contributed by atoms with Gasteiger partial charge in [0.05, 0.1) is 5.69 Å². The van der Waals surface area contributed by atoms with Crippen LogP contribution in [-0.4, -0.2) is 15.5 Å². The Morgan fingerprint density at radius 3 is 2.38 bits per heavy atom. The Bertz CT molecular complexity index is 289. The van der Waals surface area contributed by atoms with Crippen LogP contribution < -0.4 is 0 Å². The second-order valence-electron chi connectivity index (χ2n) is 3.66. The molecule has 0 N–H and O–H groups in total. The molecule has 0 saturated heterocycles. The molecule has 0 spiro atoms. The molecule has 74 valence electrons. The van der Waals surface area contributed by atoms with Gasteiger partial charge in [-0.2, -0.15) is 17.7 Å². The molecule has 2 nitrogen and oxygen atoms in total. The van der Waals surface area contributed by atoms with E-state index in [-0.39, 0.29) is 0 Å². The summed E-state index contributed by atoms with van der Waals surface area (Å²) >= 11 is 4.25. The van der Waals surface area contributed by atoms with Gasteiger partial charge in [-0.1, -0.05) is 0 Å². The van der Waals surface area contributed by atoms with Crippen LogP contribution in [0, 0.1) is 13.8 Å². The van der Waals surface area contributed by atoms with Crippen LogP contribution in [0.3, 0.4) is 0 Å². The minimum absolute atomic E-state index is 0.451. The van der Waals surface area contributed by atoms with Gasteiger partial charge in [0, 0.05) is 11.7 Å². The van der Waals surface area contributed by atoms with Gasteiger partial charge < -0.3 is 0 Å². The van der Waals surface area contributed by atoms with Crippen molar-refractivity contribution in [2.45, 2.75) is 40.2 Å². The molecule has 0 atom stereocenters. The molecule has 0 aromatic carbocycles. The Balaban J connectivity index is 3.07. The zero-order valence-electron chi connectivity index (χ0n) is 8.83. The highest BCUT2D eigenvalue weighted by molar-refractivity contribution is 7.80. The second kappa shape index (κ2) is 4.18. The summed E-state index contributed by atoms with van der Waals surface area (Å²) in [5.74, 6) is 0.894. The van der Waals surface area contributed by atoms with Crippen molar-refractivity contribution in [2.24, 2.45) is 0 Å². The maximum Gasteiger partial charge on any atom is 0.0628 e. The SMILES string of the molecule is Cc1nn(C(C)C)c(C)c1CCS. The first-order valence-electron chi connectivity index (χ1n) is 4.73. The fraction of sp³-hybridized carbons (Fsp3) is 0.700. The Morgan fingerprint density at radius 1 is 1.38 bits per heavy atom. The van der Waals surface area contributed by atoms with Gasteiger partial charge >= 0.3 is 0 Å². The van der Waals surface area contributed by atoms with E-state index in [1.807, 2.05) is 0 Å². The number of thiol groups is 1. The number of aryl methyl sites for hydroxylation is 1. The number of hydrogen-bond acceptors (Lipinski definition) is 2. The highest BCUT2D eigenvalue weighted by Crippen LogP contribution is 2.17. The summed E-state index contributed by atoms with van der Waals surface area (Å²) in [6.45, 7) is 8.53. The van der Waals surface area contributed by atoms with E-state index in [1.54, 1.807) is 0 Å². The first-order valence-corrected chi connectivity index (χ1v) is 5.36. The summed E-state index contributed by atoms with van der Waals surface area (Å²) in [5.41, 5.74) is 3.81. The molecule has 13 heavy (non-hydrogen) atoms. The van der Waals surface area contributed by atoms with Gasteiger partial charge in [-0.25, -0.2) is 0 Å². The van der Waals surface area contributed by atoms with Crippen LogP contribution in [0.15, 0.2) is 0 Å². The molecule has 0 amide bonds. The van der Waals surface area contributed by atoms with Crippen molar-refractivity contribution in [3.05, 3.63) is 17.0 Å². The third kappa shape index (κ3) is 2.08. The van der Waals surface area contributed by atoms with E-state index < -0.39 is 0 Å². The van der Waals surface area contributed by atoms with Crippen LogP contribution in [-0.2, 0) is 6.42 Å². The van der Waals surface area contributed by atoms with Crippen LogP contribution in [0.1, 0.15) is 36.8 Å². The van der Waals surface area contributed by atoms with Crippen LogP contribution in [0.5, 0.6) is 0 Å². The molecule has 0 unspecified atom stereocenters. The van der Waals surface area contributed by atoms with Crippen LogP contribution >= 0.6 is 12.6 Å².